The summed E-state index contributed by atoms with van der Waals surface area (Å²) in [6, 6.07) is -0.386. The molecule has 118 valence electrons. The van der Waals surface area contributed by atoms with E-state index in [4.69, 9.17) is 5.11 Å². The minimum absolute atomic E-state index is 0.00674. The summed E-state index contributed by atoms with van der Waals surface area (Å²) in [5.74, 6) is -1.71. The van der Waals surface area contributed by atoms with Crippen molar-refractivity contribution in [3.8, 4) is 0 Å². The monoisotopic (exact) mass is 306 g/mol. The summed E-state index contributed by atoms with van der Waals surface area (Å²) in [4.78, 5) is 26.0. The average Bonchev–Trinajstić information content (AvgIpc) is 2.79. The third-order valence-corrected chi connectivity index (χ3v) is 4.04. The number of carbonyl (C=O) groups excluding carboxylic acids is 1. The van der Waals surface area contributed by atoms with Crippen LogP contribution in [0.25, 0.3) is 0 Å². The molecule has 1 fully saturated rings. The summed E-state index contributed by atoms with van der Waals surface area (Å²) in [6.45, 7) is 2.11. The van der Waals surface area contributed by atoms with Crippen molar-refractivity contribution in [2.24, 2.45) is 11.8 Å². The highest BCUT2D eigenvalue weighted by molar-refractivity contribution is 5.78. The highest BCUT2D eigenvalue weighted by Gasteiger charge is 2.40. The smallest absolute Gasteiger partial charge is 0.412 e. The van der Waals surface area contributed by atoms with Crippen LogP contribution in [0, 0.1) is 11.8 Å². The van der Waals surface area contributed by atoms with E-state index in [0.29, 0.717) is 6.54 Å². The van der Waals surface area contributed by atoms with Crippen LogP contribution in [-0.2, 0) is 4.79 Å². The molecule has 8 heteroatoms. The topological polar surface area (TPSA) is 60.9 Å². The molecule has 2 rings (SSSR count). The number of carboxylic acid groups (broad SMARTS) is 1. The molecule has 0 saturated carbocycles. The molecular formula is C13H17F3N2O3. The maximum Gasteiger partial charge on any atom is 0.412 e. The molecule has 2 unspecified atom stereocenters. The van der Waals surface area contributed by atoms with Gasteiger partial charge in [-0.05, 0) is 12.3 Å². The van der Waals surface area contributed by atoms with Crippen LogP contribution in [0.5, 0.6) is 0 Å². The van der Waals surface area contributed by atoms with Gasteiger partial charge in [0.1, 0.15) is 0 Å². The Hall–Kier alpha value is -1.73. The van der Waals surface area contributed by atoms with Gasteiger partial charge in [-0.2, -0.15) is 13.2 Å². The normalized spacial score (nSPS) is 26.8. The van der Waals surface area contributed by atoms with Crippen LogP contribution in [0.4, 0.5) is 18.0 Å². The number of alkyl halides is 3. The van der Waals surface area contributed by atoms with E-state index in [1.807, 2.05) is 0 Å². The minimum Gasteiger partial charge on any atom is -0.481 e. The Labute approximate surface area is 120 Å². The highest BCUT2D eigenvalue weighted by Crippen LogP contribution is 2.31. The van der Waals surface area contributed by atoms with Crippen molar-refractivity contribution in [3.63, 3.8) is 0 Å². The summed E-state index contributed by atoms with van der Waals surface area (Å²) in [5, 5.41) is 9.03. The van der Waals surface area contributed by atoms with Crippen LogP contribution in [0.15, 0.2) is 11.6 Å². The lowest BCUT2D eigenvalue weighted by molar-refractivity contribution is -0.142. The molecule has 2 heterocycles. The van der Waals surface area contributed by atoms with Gasteiger partial charge in [-0.1, -0.05) is 13.0 Å². The first-order valence-corrected chi connectivity index (χ1v) is 6.73. The zero-order valence-electron chi connectivity index (χ0n) is 11.6. The Morgan fingerprint density at radius 1 is 1.29 bits per heavy atom. The SMILES string of the molecule is CC1CN(C(=O)N2CC=C(C(F)(F)F)CC2)CC1C(=O)O. The number of hydrogen-bond donors (Lipinski definition) is 1. The maximum atomic E-state index is 12.5. The van der Waals surface area contributed by atoms with Gasteiger partial charge < -0.3 is 14.9 Å². The number of halogens is 3. The summed E-state index contributed by atoms with van der Waals surface area (Å²) < 4.78 is 37.5. The van der Waals surface area contributed by atoms with Gasteiger partial charge in [0.2, 0.25) is 0 Å². The van der Waals surface area contributed by atoms with Crippen molar-refractivity contribution in [2.45, 2.75) is 19.5 Å². The van der Waals surface area contributed by atoms with Gasteiger partial charge in [-0.25, -0.2) is 4.79 Å². The van der Waals surface area contributed by atoms with Crippen LogP contribution in [-0.4, -0.2) is 59.3 Å². The van der Waals surface area contributed by atoms with E-state index < -0.39 is 23.6 Å². The lowest BCUT2D eigenvalue weighted by Gasteiger charge is -2.31. The van der Waals surface area contributed by atoms with E-state index in [9.17, 15) is 22.8 Å². The third kappa shape index (κ3) is 3.30. The molecule has 0 aromatic rings. The lowest BCUT2D eigenvalue weighted by Crippen LogP contribution is -2.45. The molecule has 21 heavy (non-hydrogen) atoms. The number of hydrogen-bond acceptors (Lipinski definition) is 2. The highest BCUT2D eigenvalue weighted by atomic mass is 19.4. The second-order valence-corrected chi connectivity index (χ2v) is 5.53. The van der Waals surface area contributed by atoms with E-state index in [0.717, 1.165) is 6.08 Å². The molecule has 5 nitrogen and oxygen atoms in total. The number of likely N-dealkylation sites (tertiary alicyclic amines) is 1. The molecule has 0 aliphatic carbocycles. The van der Waals surface area contributed by atoms with E-state index >= 15 is 0 Å². The Kier molecular flexibility index (Phi) is 4.15. The van der Waals surface area contributed by atoms with E-state index in [-0.39, 0.29) is 38.0 Å². The van der Waals surface area contributed by atoms with Gasteiger partial charge >= 0.3 is 18.2 Å². The summed E-state index contributed by atoms with van der Waals surface area (Å²) >= 11 is 0. The van der Waals surface area contributed by atoms with Gasteiger partial charge in [-0.15, -0.1) is 0 Å². The maximum absolute atomic E-state index is 12.5. The Morgan fingerprint density at radius 3 is 2.38 bits per heavy atom. The fourth-order valence-corrected chi connectivity index (χ4v) is 2.74. The lowest BCUT2D eigenvalue weighted by atomic mass is 9.99. The molecule has 2 aliphatic rings. The van der Waals surface area contributed by atoms with Gasteiger partial charge in [0.05, 0.1) is 5.92 Å². The zero-order valence-corrected chi connectivity index (χ0v) is 11.6. The second kappa shape index (κ2) is 5.57. The van der Waals surface area contributed by atoms with E-state index in [2.05, 4.69) is 0 Å². The number of carbonyl (C=O) groups is 2. The standard InChI is InChI=1S/C13H17F3N2O3/c1-8-6-18(7-10(8)11(19)20)12(21)17-4-2-9(3-5-17)13(14,15)16/h2,8,10H,3-7H2,1H3,(H,19,20). The molecule has 2 atom stereocenters. The van der Waals surface area contributed by atoms with Gasteiger partial charge in [0, 0.05) is 31.8 Å². The quantitative estimate of drug-likeness (QED) is 0.753. The molecule has 0 radical (unpaired) electrons. The molecule has 0 spiro atoms. The van der Waals surface area contributed by atoms with Crippen LogP contribution >= 0.6 is 0 Å². The first-order valence-electron chi connectivity index (χ1n) is 6.73. The van der Waals surface area contributed by atoms with E-state index in [1.165, 1.54) is 9.80 Å². The number of amides is 2. The molecular weight excluding hydrogens is 289 g/mol. The average molecular weight is 306 g/mol. The van der Waals surface area contributed by atoms with E-state index in [1.54, 1.807) is 6.92 Å². The van der Waals surface area contributed by atoms with Gasteiger partial charge in [0.15, 0.2) is 0 Å². The first-order chi connectivity index (χ1) is 9.70. The molecule has 0 aromatic heterocycles. The summed E-state index contributed by atoms with van der Waals surface area (Å²) in [5.41, 5.74) is -0.607. The van der Waals surface area contributed by atoms with Crippen LogP contribution < -0.4 is 0 Å². The van der Waals surface area contributed by atoms with Crippen molar-refractivity contribution in [1.82, 2.24) is 9.80 Å². The number of aliphatic carboxylic acids is 1. The largest absolute Gasteiger partial charge is 0.481 e. The van der Waals surface area contributed by atoms with Crippen molar-refractivity contribution >= 4 is 12.0 Å². The molecule has 2 amide bonds. The Morgan fingerprint density at radius 2 is 1.95 bits per heavy atom. The van der Waals surface area contributed by atoms with Gasteiger partial charge in [0.25, 0.3) is 0 Å². The molecule has 0 aromatic carbocycles. The minimum atomic E-state index is -4.34. The van der Waals surface area contributed by atoms with Crippen LogP contribution in [0.1, 0.15) is 13.3 Å². The molecule has 1 N–H and O–H groups in total. The second-order valence-electron chi connectivity index (χ2n) is 5.53. The Balaban J connectivity index is 1.97. The van der Waals surface area contributed by atoms with Crippen molar-refractivity contribution in [2.75, 3.05) is 26.2 Å². The number of nitrogens with zero attached hydrogens (tertiary/aromatic N) is 2. The van der Waals surface area contributed by atoms with Crippen LogP contribution in [0.2, 0.25) is 0 Å². The Bertz CT molecular complexity index is 476. The number of rotatable bonds is 1. The van der Waals surface area contributed by atoms with Crippen molar-refractivity contribution in [3.05, 3.63) is 11.6 Å². The third-order valence-electron chi connectivity index (χ3n) is 4.04. The first kappa shape index (κ1) is 15.7. The van der Waals surface area contributed by atoms with Crippen LogP contribution in [0.3, 0.4) is 0 Å². The fraction of sp³-hybridized carbons (Fsp3) is 0.692. The number of carboxylic acids is 1. The molecule has 2 aliphatic heterocycles. The predicted molar refractivity (Wildman–Crippen MR) is 67.6 cm³/mol. The van der Waals surface area contributed by atoms with Crippen molar-refractivity contribution in [1.29, 1.82) is 0 Å². The fourth-order valence-electron chi connectivity index (χ4n) is 2.74. The summed E-state index contributed by atoms with van der Waals surface area (Å²) in [7, 11) is 0. The van der Waals surface area contributed by atoms with Crippen molar-refractivity contribution < 1.29 is 27.9 Å². The predicted octanol–water partition coefficient (Wildman–Crippen LogP) is 1.95. The summed E-state index contributed by atoms with van der Waals surface area (Å²) in [6.07, 6.45) is -3.54. The molecule has 0 bridgehead atoms. The zero-order chi connectivity index (χ0) is 15.8. The molecule has 1 saturated heterocycles. The number of urea groups is 1. The van der Waals surface area contributed by atoms with Gasteiger partial charge in [-0.3, -0.25) is 4.79 Å².